The fraction of sp³-hybridized carbons (Fsp3) is 0.143. The van der Waals surface area contributed by atoms with Crippen LogP contribution in [0.2, 0.25) is 0 Å². The van der Waals surface area contributed by atoms with Gasteiger partial charge in [-0.3, -0.25) is 0 Å². The van der Waals surface area contributed by atoms with Crippen LogP contribution in [-0.2, 0) is 4.74 Å². The van der Waals surface area contributed by atoms with E-state index in [1.807, 2.05) is 29.3 Å². The number of allylic oxidation sites excluding steroid dienone is 2. The normalized spacial score (nSPS) is 27.9. The number of fused-ring (bicyclic) bond motifs is 1. The molecule has 0 bridgehead atoms. The molecule has 1 unspecified atom stereocenters. The van der Waals surface area contributed by atoms with E-state index < -0.39 is 0 Å². The second-order valence-corrected chi connectivity index (χ2v) is 2.64. The molecule has 0 saturated carbocycles. The highest BCUT2D eigenvalue weighted by molar-refractivity contribution is 7.81. The van der Waals surface area contributed by atoms with Crippen LogP contribution in [0.15, 0.2) is 36.6 Å². The molecule has 0 saturated heterocycles. The van der Waals surface area contributed by atoms with Crippen molar-refractivity contribution in [1.29, 1.82) is 0 Å². The number of hydrogen-bond donors (Lipinski definition) is 1. The minimum atomic E-state index is 0.124. The summed E-state index contributed by atoms with van der Waals surface area (Å²) in [4.78, 5) is 1.95. The largest absolute Gasteiger partial charge is 0.447 e. The van der Waals surface area contributed by atoms with Crippen LogP contribution in [-0.4, -0.2) is 10.3 Å². The molecule has 0 aromatic rings. The molecular weight excluding hydrogens is 146 g/mol. The molecule has 0 radical (unpaired) electrons. The summed E-state index contributed by atoms with van der Waals surface area (Å²) in [5, 5.41) is 0.124. The Morgan fingerprint density at radius 3 is 3.30 bits per heavy atom. The lowest BCUT2D eigenvalue weighted by Crippen LogP contribution is -2.22. The van der Waals surface area contributed by atoms with E-state index in [9.17, 15) is 0 Å². The van der Waals surface area contributed by atoms with Crippen molar-refractivity contribution in [3.05, 3.63) is 36.6 Å². The summed E-state index contributed by atoms with van der Waals surface area (Å²) in [7, 11) is 0. The molecule has 0 fully saturated rings. The molecule has 0 N–H and O–H groups in total. The van der Waals surface area contributed by atoms with Gasteiger partial charge in [0, 0.05) is 6.20 Å². The average Bonchev–Trinajstić information content (AvgIpc) is 2.36. The molecule has 0 aromatic heterocycles. The van der Waals surface area contributed by atoms with Gasteiger partial charge < -0.3 is 9.64 Å². The maximum absolute atomic E-state index is 5.13. The van der Waals surface area contributed by atoms with Gasteiger partial charge in [-0.2, -0.15) is 0 Å². The van der Waals surface area contributed by atoms with E-state index in [0.717, 1.165) is 5.88 Å². The van der Waals surface area contributed by atoms with Crippen LogP contribution in [0.3, 0.4) is 0 Å². The number of ether oxygens (including phenoxy) is 1. The molecule has 0 spiro atoms. The maximum Gasteiger partial charge on any atom is 0.200 e. The first kappa shape index (κ1) is 5.92. The standard InChI is InChI=1S/C7H7NOS/c10-7-3-1-2-6-8(7)4-5-9-6/h1-5,7,10H. The Hall–Kier alpha value is -0.830. The van der Waals surface area contributed by atoms with Crippen LogP contribution in [0, 0.1) is 0 Å². The van der Waals surface area contributed by atoms with Crippen LogP contribution in [0.5, 0.6) is 0 Å². The topological polar surface area (TPSA) is 12.5 Å². The minimum absolute atomic E-state index is 0.124. The highest BCUT2D eigenvalue weighted by atomic mass is 32.1. The Kier molecular flexibility index (Phi) is 1.24. The average molecular weight is 153 g/mol. The lowest BCUT2D eigenvalue weighted by molar-refractivity contribution is 0.273. The molecular formula is C7H7NOS. The number of hydrogen-bond acceptors (Lipinski definition) is 3. The first-order valence-corrected chi connectivity index (χ1v) is 3.58. The van der Waals surface area contributed by atoms with Crippen molar-refractivity contribution in [2.24, 2.45) is 0 Å². The highest BCUT2D eigenvalue weighted by Crippen LogP contribution is 2.24. The molecule has 2 heterocycles. The van der Waals surface area contributed by atoms with E-state index in [1.54, 1.807) is 6.26 Å². The zero-order chi connectivity index (χ0) is 6.97. The monoisotopic (exact) mass is 153 g/mol. The van der Waals surface area contributed by atoms with Crippen LogP contribution >= 0.6 is 12.6 Å². The van der Waals surface area contributed by atoms with Gasteiger partial charge in [0.25, 0.3) is 0 Å². The Morgan fingerprint density at radius 1 is 1.60 bits per heavy atom. The first-order valence-electron chi connectivity index (χ1n) is 3.06. The van der Waals surface area contributed by atoms with Crippen LogP contribution in [0.1, 0.15) is 0 Å². The summed E-state index contributed by atoms with van der Waals surface area (Å²) in [5.74, 6) is 0.850. The van der Waals surface area contributed by atoms with E-state index in [0.29, 0.717) is 0 Å². The Bertz CT molecular complexity index is 232. The van der Waals surface area contributed by atoms with Gasteiger partial charge in [-0.25, -0.2) is 0 Å². The third-order valence-corrected chi connectivity index (χ3v) is 1.89. The van der Waals surface area contributed by atoms with Gasteiger partial charge in [0.15, 0.2) is 5.88 Å². The van der Waals surface area contributed by atoms with Crippen molar-refractivity contribution in [2.45, 2.75) is 5.37 Å². The maximum atomic E-state index is 5.13. The molecule has 0 aliphatic carbocycles. The van der Waals surface area contributed by atoms with Crippen LogP contribution in [0.4, 0.5) is 0 Å². The van der Waals surface area contributed by atoms with Gasteiger partial charge in [0.2, 0.25) is 0 Å². The zero-order valence-corrected chi connectivity index (χ0v) is 6.16. The van der Waals surface area contributed by atoms with Crippen LogP contribution < -0.4 is 0 Å². The predicted octanol–water partition coefficient (Wildman–Crippen LogP) is 1.46. The van der Waals surface area contributed by atoms with Crippen molar-refractivity contribution in [2.75, 3.05) is 0 Å². The van der Waals surface area contributed by atoms with E-state index in [-0.39, 0.29) is 5.37 Å². The second kappa shape index (κ2) is 2.09. The van der Waals surface area contributed by atoms with Gasteiger partial charge >= 0.3 is 0 Å². The molecule has 2 rings (SSSR count). The number of rotatable bonds is 0. The summed E-state index contributed by atoms with van der Waals surface area (Å²) in [6, 6.07) is 0. The van der Waals surface area contributed by atoms with Crippen LogP contribution in [0.25, 0.3) is 0 Å². The lowest BCUT2D eigenvalue weighted by atomic mass is 10.3. The van der Waals surface area contributed by atoms with Gasteiger partial charge in [0.1, 0.15) is 6.26 Å². The van der Waals surface area contributed by atoms with Crippen molar-refractivity contribution < 1.29 is 4.74 Å². The molecule has 2 nitrogen and oxygen atoms in total. The van der Waals surface area contributed by atoms with E-state index in [2.05, 4.69) is 12.6 Å². The third kappa shape index (κ3) is 0.743. The molecule has 0 aromatic carbocycles. The fourth-order valence-electron chi connectivity index (χ4n) is 0.974. The molecule has 0 amide bonds. The summed E-state index contributed by atoms with van der Waals surface area (Å²) in [6.07, 6.45) is 9.36. The van der Waals surface area contributed by atoms with Crippen molar-refractivity contribution in [1.82, 2.24) is 4.90 Å². The second-order valence-electron chi connectivity index (χ2n) is 2.11. The van der Waals surface area contributed by atoms with Crippen molar-refractivity contribution >= 4 is 12.6 Å². The lowest BCUT2D eigenvalue weighted by Gasteiger charge is -2.22. The van der Waals surface area contributed by atoms with Gasteiger partial charge in [-0.1, -0.05) is 12.2 Å². The predicted molar refractivity (Wildman–Crippen MR) is 42.1 cm³/mol. The van der Waals surface area contributed by atoms with E-state index in [1.165, 1.54) is 0 Å². The summed E-state index contributed by atoms with van der Waals surface area (Å²) < 4.78 is 5.13. The smallest absolute Gasteiger partial charge is 0.200 e. The molecule has 52 valence electrons. The van der Waals surface area contributed by atoms with E-state index in [4.69, 9.17) is 4.74 Å². The Labute approximate surface area is 64.9 Å². The SMILES string of the molecule is SC1C=CC=C2OC=CN21. The zero-order valence-electron chi connectivity index (χ0n) is 5.27. The first-order chi connectivity index (χ1) is 4.88. The fourth-order valence-corrected chi connectivity index (χ4v) is 1.26. The number of nitrogens with zero attached hydrogens (tertiary/aromatic N) is 1. The Morgan fingerprint density at radius 2 is 2.50 bits per heavy atom. The molecule has 10 heavy (non-hydrogen) atoms. The quantitative estimate of drug-likeness (QED) is 0.529. The van der Waals surface area contributed by atoms with Crippen molar-refractivity contribution in [3.63, 3.8) is 0 Å². The summed E-state index contributed by atoms with van der Waals surface area (Å²) in [5.41, 5.74) is 0. The molecule has 1 atom stereocenters. The highest BCUT2D eigenvalue weighted by Gasteiger charge is 2.19. The van der Waals surface area contributed by atoms with Gasteiger partial charge in [-0.05, 0) is 6.08 Å². The van der Waals surface area contributed by atoms with Gasteiger partial charge in [-0.15, -0.1) is 12.6 Å². The molecule has 2 aliphatic rings. The minimum Gasteiger partial charge on any atom is -0.447 e. The van der Waals surface area contributed by atoms with Gasteiger partial charge in [0.05, 0.1) is 5.37 Å². The summed E-state index contributed by atoms with van der Waals surface area (Å²) >= 11 is 4.30. The third-order valence-electron chi connectivity index (χ3n) is 1.47. The summed E-state index contributed by atoms with van der Waals surface area (Å²) in [6.45, 7) is 0. The Balaban J connectivity index is 2.31. The van der Waals surface area contributed by atoms with Crippen molar-refractivity contribution in [3.8, 4) is 0 Å². The molecule has 2 aliphatic heterocycles. The molecule has 3 heteroatoms. The number of thiol groups is 1. The van der Waals surface area contributed by atoms with E-state index >= 15 is 0 Å².